The smallest absolute Gasteiger partial charge is 0.164 e. The maximum Gasteiger partial charge on any atom is 0.164 e. The minimum Gasteiger partial charge on any atom is -0.457 e. The molecule has 1 aromatic heterocycles. The van der Waals surface area contributed by atoms with Crippen molar-refractivity contribution in [3.8, 4) is 85.1 Å². The molecule has 5 nitrogen and oxygen atoms in total. The Labute approximate surface area is 336 Å². The van der Waals surface area contributed by atoms with Crippen LogP contribution >= 0.6 is 0 Å². The molecule has 2 aliphatic rings. The van der Waals surface area contributed by atoms with Crippen molar-refractivity contribution in [1.82, 2.24) is 15.0 Å². The number of benzene rings is 8. The normalized spacial score (nSPS) is 14.4. The minimum atomic E-state index is -0.692. The molecule has 1 aliphatic carbocycles. The Balaban J connectivity index is 1.11. The summed E-state index contributed by atoms with van der Waals surface area (Å²) in [5.74, 6) is 3.45. The number of rotatable bonds is 5. The Morgan fingerprint density at radius 1 is 0.362 bits per heavy atom. The van der Waals surface area contributed by atoms with Gasteiger partial charge >= 0.3 is 0 Å². The number of nitriles is 1. The van der Waals surface area contributed by atoms with Crippen molar-refractivity contribution in [1.29, 1.82) is 5.26 Å². The van der Waals surface area contributed by atoms with Gasteiger partial charge in [-0.15, -0.1) is 0 Å². The molecular formula is C53H32N4O. The van der Waals surface area contributed by atoms with Gasteiger partial charge < -0.3 is 4.74 Å². The number of aromatic nitrogens is 3. The predicted molar refractivity (Wildman–Crippen MR) is 229 cm³/mol. The standard InChI is InChI=1S/C53H32N4O/c54-33-34-19-21-35(22-20-34)36-23-25-37(26-24-36)40-27-29-43-42-15-7-8-16-44(42)53(46(43)31-40)45-17-9-10-18-48(45)58-49-30-28-41(32-47(49)53)52-56-50(38-11-3-1-4-12-38)55-51(57-52)39-13-5-2-6-14-39/h1-32H. The average Bonchev–Trinajstić information content (AvgIpc) is 3.59. The third-order valence-corrected chi connectivity index (χ3v) is 11.5. The highest BCUT2D eigenvalue weighted by molar-refractivity contribution is 5.91. The monoisotopic (exact) mass is 740 g/mol. The van der Waals surface area contributed by atoms with Crippen LogP contribution in [0.15, 0.2) is 194 Å². The number of ether oxygens (including phenoxy) is 1. The zero-order valence-electron chi connectivity index (χ0n) is 31.2. The highest BCUT2D eigenvalue weighted by Gasteiger charge is 2.51. The molecule has 0 saturated carbocycles. The first-order valence-electron chi connectivity index (χ1n) is 19.3. The predicted octanol–water partition coefficient (Wildman–Crippen LogP) is 12.5. The van der Waals surface area contributed by atoms with Gasteiger partial charge in [-0.05, 0) is 87.0 Å². The summed E-state index contributed by atoms with van der Waals surface area (Å²) in [5, 5.41) is 9.29. The third-order valence-electron chi connectivity index (χ3n) is 11.5. The summed E-state index contributed by atoms with van der Waals surface area (Å²) in [6.45, 7) is 0. The zero-order valence-corrected chi connectivity index (χ0v) is 31.2. The van der Waals surface area contributed by atoms with E-state index in [2.05, 4.69) is 109 Å². The quantitative estimate of drug-likeness (QED) is 0.176. The van der Waals surface area contributed by atoms with Gasteiger partial charge in [-0.3, -0.25) is 0 Å². The number of para-hydroxylation sites is 1. The van der Waals surface area contributed by atoms with Crippen LogP contribution in [0.2, 0.25) is 0 Å². The Morgan fingerprint density at radius 3 is 1.48 bits per heavy atom. The SMILES string of the molecule is N#Cc1ccc(-c2ccc(-c3ccc4c(c3)C3(c5ccccc5Oc5ccc(-c6nc(-c7ccccc7)nc(-c7ccccc7)n6)cc53)c3ccccc3-4)cc2)cc1. The molecule has 0 fully saturated rings. The van der Waals surface area contributed by atoms with Gasteiger partial charge in [0.1, 0.15) is 11.5 Å². The number of fused-ring (bicyclic) bond motifs is 9. The van der Waals surface area contributed by atoms with Crippen molar-refractivity contribution < 1.29 is 4.74 Å². The largest absolute Gasteiger partial charge is 0.457 e. The first-order valence-corrected chi connectivity index (χ1v) is 19.3. The lowest BCUT2D eigenvalue weighted by molar-refractivity contribution is 0.436. The average molecular weight is 741 g/mol. The van der Waals surface area contributed by atoms with Gasteiger partial charge in [-0.25, -0.2) is 15.0 Å². The molecule has 1 spiro atoms. The molecule has 270 valence electrons. The highest BCUT2D eigenvalue weighted by atomic mass is 16.5. The van der Waals surface area contributed by atoms with Crippen molar-refractivity contribution in [3.05, 3.63) is 222 Å². The van der Waals surface area contributed by atoms with Crippen molar-refractivity contribution >= 4 is 0 Å². The molecule has 0 saturated heterocycles. The van der Waals surface area contributed by atoms with Gasteiger partial charge in [0.05, 0.1) is 17.0 Å². The van der Waals surface area contributed by atoms with Crippen LogP contribution in [0.4, 0.5) is 0 Å². The van der Waals surface area contributed by atoms with Crippen molar-refractivity contribution in [2.24, 2.45) is 0 Å². The maximum absolute atomic E-state index is 9.29. The fourth-order valence-electron chi connectivity index (χ4n) is 8.75. The van der Waals surface area contributed by atoms with Gasteiger partial charge in [0.2, 0.25) is 0 Å². The molecular weight excluding hydrogens is 709 g/mol. The van der Waals surface area contributed by atoms with Crippen LogP contribution in [0.25, 0.3) is 67.5 Å². The molecule has 1 atom stereocenters. The van der Waals surface area contributed by atoms with Crippen LogP contribution in [0.1, 0.15) is 27.8 Å². The molecule has 0 radical (unpaired) electrons. The van der Waals surface area contributed by atoms with Crippen molar-refractivity contribution in [2.75, 3.05) is 0 Å². The van der Waals surface area contributed by atoms with E-state index in [0.29, 0.717) is 23.0 Å². The lowest BCUT2D eigenvalue weighted by Gasteiger charge is -2.39. The summed E-state index contributed by atoms with van der Waals surface area (Å²) >= 11 is 0. The molecule has 0 N–H and O–H groups in total. The summed E-state index contributed by atoms with van der Waals surface area (Å²) in [4.78, 5) is 15.2. The molecule has 0 bridgehead atoms. The van der Waals surface area contributed by atoms with Crippen LogP contribution in [-0.4, -0.2) is 15.0 Å². The summed E-state index contributed by atoms with van der Waals surface area (Å²) in [7, 11) is 0. The molecule has 58 heavy (non-hydrogen) atoms. The number of hydrogen-bond donors (Lipinski definition) is 0. The second-order valence-corrected chi connectivity index (χ2v) is 14.7. The second kappa shape index (κ2) is 13.4. The van der Waals surface area contributed by atoms with Crippen molar-refractivity contribution in [2.45, 2.75) is 5.41 Å². The van der Waals surface area contributed by atoms with E-state index in [9.17, 15) is 5.26 Å². The summed E-state index contributed by atoms with van der Waals surface area (Å²) in [6.07, 6.45) is 0. The van der Waals surface area contributed by atoms with Gasteiger partial charge in [-0.1, -0.05) is 152 Å². The Morgan fingerprint density at radius 2 is 0.828 bits per heavy atom. The van der Waals surface area contributed by atoms with E-state index in [-0.39, 0.29) is 0 Å². The lowest BCUT2D eigenvalue weighted by atomic mass is 9.65. The summed E-state index contributed by atoms with van der Waals surface area (Å²) in [6, 6.07) is 69.2. The van der Waals surface area contributed by atoms with E-state index < -0.39 is 5.41 Å². The Bertz CT molecular complexity index is 3020. The van der Waals surface area contributed by atoms with Crippen LogP contribution in [-0.2, 0) is 5.41 Å². The van der Waals surface area contributed by atoms with Crippen LogP contribution < -0.4 is 4.74 Å². The van der Waals surface area contributed by atoms with E-state index in [1.165, 1.54) is 22.3 Å². The summed E-state index contributed by atoms with van der Waals surface area (Å²) in [5.41, 5.74) is 14.0. The van der Waals surface area contributed by atoms with E-state index >= 15 is 0 Å². The van der Waals surface area contributed by atoms with E-state index in [1.54, 1.807) is 0 Å². The Hall–Kier alpha value is -7.94. The van der Waals surface area contributed by atoms with E-state index in [1.807, 2.05) is 91.0 Å². The Kier molecular flexibility index (Phi) is 7.70. The fraction of sp³-hybridized carbons (Fsp3) is 0.0189. The topological polar surface area (TPSA) is 71.7 Å². The summed E-state index contributed by atoms with van der Waals surface area (Å²) < 4.78 is 6.78. The highest BCUT2D eigenvalue weighted by Crippen LogP contribution is 2.62. The first kappa shape index (κ1) is 33.4. The number of nitrogens with zero attached hydrogens (tertiary/aromatic N) is 4. The van der Waals surface area contributed by atoms with Crippen LogP contribution in [0.5, 0.6) is 11.5 Å². The van der Waals surface area contributed by atoms with Gasteiger partial charge in [-0.2, -0.15) is 5.26 Å². The minimum absolute atomic E-state index is 0.590. The molecule has 11 rings (SSSR count). The van der Waals surface area contributed by atoms with Gasteiger partial charge in [0.15, 0.2) is 17.5 Å². The fourth-order valence-corrected chi connectivity index (χ4v) is 8.75. The van der Waals surface area contributed by atoms with Gasteiger partial charge in [0.25, 0.3) is 0 Å². The maximum atomic E-state index is 9.29. The second-order valence-electron chi connectivity index (χ2n) is 14.7. The molecule has 1 unspecified atom stereocenters. The van der Waals surface area contributed by atoms with E-state index in [4.69, 9.17) is 19.7 Å². The van der Waals surface area contributed by atoms with Crippen LogP contribution in [0, 0.1) is 11.3 Å². The third kappa shape index (κ3) is 5.27. The molecule has 5 heteroatoms. The molecule has 8 aromatic carbocycles. The molecule has 0 amide bonds. The molecule has 9 aromatic rings. The molecule has 1 aliphatic heterocycles. The molecule has 2 heterocycles. The number of hydrogen-bond acceptors (Lipinski definition) is 5. The van der Waals surface area contributed by atoms with Gasteiger partial charge in [0, 0.05) is 27.8 Å². The first-order chi connectivity index (χ1) is 28.7. The van der Waals surface area contributed by atoms with Crippen molar-refractivity contribution in [3.63, 3.8) is 0 Å². The van der Waals surface area contributed by atoms with E-state index in [0.717, 1.165) is 61.6 Å². The zero-order chi connectivity index (χ0) is 38.6. The van der Waals surface area contributed by atoms with Crippen LogP contribution in [0.3, 0.4) is 0 Å². The lowest BCUT2D eigenvalue weighted by Crippen LogP contribution is -2.32.